The molecule has 0 saturated heterocycles. The number of hydrogen-bond donors (Lipinski definition) is 0. The molecule has 136 valence electrons. The molecule has 1 heterocycles. The van der Waals surface area contributed by atoms with Gasteiger partial charge in [0.05, 0.1) is 10.6 Å². The van der Waals surface area contributed by atoms with Crippen molar-refractivity contribution < 1.29 is 8.42 Å². The summed E-state index contributed by atoms with van der Waals surface area (Å²) < 4.78 is 27.5. The zero-order valence-electron chi connectivity index (χ0n) is 14.8. The van der Waals surface area contributed by atoms with Gasteiger partial charge in [0.1, 0.15) is 0 Å². The quantitative estimate of drug-likeness (QED) is 0.641. The summed E-state index contributed by atoms with van der Waals surface area (Å²) >= 11 is 0. The second kappa shape index (κ2) is 7.47. The van der Waals surface area contributed by atoms with Gasteiger partial charge < -0.3 is 0 Å². The summed E-state index contributed by atoms with van der Waals surface area (Å²) in [5.41, 5.74) is 4.04. The lowest BCUT2D eigenvalue weighted by Gasteiger charge is -2.28. The molecule has 4 rings (SSSR count). The lowest BCUT2D eigenvalue weighted by molar-refractivity contribution is 0.391. The maximum absolute atomic E-state index is 13.0. The number of fused-ring (bicyclic) bond motifs is 1. The van der Waals surface area contributed by atoms with Crippen molar-refractivity contribution >= 4 is 21.9 Å². The van der Waals surface area contributed by atoms with Crippen molar-refractivity contribution in [3.05, 3.63) is 95.6 Å². The highest BCUT2D eigenvalue weighted by atomic mass is 32.2. The summed E-state index contributed by atoms with van der Waals surface area (Å²) in [6.45, 7) is 0.930. The topological polar surface area (TPSA) is 49.7 Å². The average Bonchev–Trinajstić information content (AvgIpc) is 2.73. The molecule has 4 nitrogen and oxygen atoms in total. The summed E-state index contributed by atoms with van der Waals surface area (Å²) in [5.74, 6) is 0. The average molecular weight is 376 g/mol. The molecule has 0 aliphatic carbocycles. The van der Waals surface area contributed by atoms with Gasteiger partial charge in [-0.3, -0.25) is 4.99 Å². The first-order valence-corrected chi connectivity index (χ1v) is 10.3. The molecule has 0 bridgehead atoms. The van der Waals surface area contributed by atoms with Gasteiger partial charge in [-0.15, -0.1) is 0 Å². The van der Waals surface area contributed by atoms with Crippen molar-refractivity contribution in [3.8, 4) is 0 Å². The fraction of sp³-hybridized carbons (Fsp3) is 0.136. The van der Waals surface area contributed by atoms with Gasteiger partial charge in [0.2, 0.25) is 10.0 Å². The Balaban J connectivity index is 1.52. The van der Waals surface area contributed by atoms with Crippen LogP contribution in [0.25, 0.3) is 0 Å². The molecule has 5 heteroatoms. The number of aliphatic imine (C=N–C) groups is 1. The molecule has 3 aromatic rings. The van der Waals surface area contributed by atoms with Crippen LogP contribution in [-0.4, -0.2) is 25.5 Å². The molecule has 1 aliphatic heterocycles. The minimum atomic E-state index is -3.51. The van der Waals surface area contributed by atoms with Crippen LogP contribution in [0.15, 0.2) is 88.8 Å². The van der Waals surface area contributed by atoms with Crippen LogP contribution in [0.2, 0.25) is 0 Å². The van der Waals surface area contributed by atoms with Crippen LogP contribution in [0.5, 0.6) is 0 Å². The molecule has 0 aromatic heterocycles. The van der Waals surface area contributed by atoms with E-state index in [1.54, 1.807) is 34.8 Å². The molecule has 3 aromatic carbocycles. The minimum Gasteiger partial charge on any atom is -0.256 e. The number of sulfonamides is 1. The lowest BCUT2D eigenvalue weighted by Crippen LogP contribution is -2.35. The molecule has 0 saturated carbocycles. The van der Waals surface area contributed by atoms with Gasteiger partial charge in [0.25, 0.3) is 0 Å². The monoisotopic (exact) mass is 376 g/mol. The van der Waals surface area contributed by atoms with E-state index >= 15 is 0 Å². The van der Waals surface area contributed by atoms with E-state index in [0.717, 1.165) is 23.2 Å². The molecule has 0 atom stereocenters. The Morgan fingerprint density at radius 2 is 1.48 bits per heavy atom. The number of rotatable bonds is 4. The number of benzene rings is 3. The largest absolute Gasteiger partial charge is 0.256 e. The first-order chi connectivity index (χ1) is 13.1. The standard InChI is InChI=1S/C22H20N2O2S/c25-27(26,24-15-14-19-8-4-5-9-20(19)17-24)22-12-10-21(11-13-22)23-16-18-6-2-1-3-7-18/h1-13,16H,14-15,17H2. The summed E-state index contributed by atoms with van der Waals surface area (Å²) in [4.78, 5) is 4.71. The maximum atomic E-state index is 13.0. The van der Waals surface area contributed by atoms with E-state index in [0.29, 0.717) is 18.0 Å². The number of hydrogen-bond acceptors (Lipinski definition) is 3. The normalized spacial score (nSPS) is 15.0. The van der Waals surface area contributed by atoms with E-state index < -0.39 is 10.0 Å². The predicted molar refractivity (Wildman–Crippen MR) is 108 cm³/mol. The molecule has 0 unspecified atom stereocenters. The second-order valence-corrected chi connectivity index (χ2v) is 8.46. The molecular weight excluding hydrogens is 356 g/mol. The SMILES string of the molecule is O=S(=O)(c1ccc(N=Cc2ccccc2)cc1)N1CCc2ccccc2C1. The molecule has 0 fully saturated rings. The molecule has 0 radical (unpaired) electrons. The fourth-order valence-electron chi connectivity index (χ4n) is 3.22. The lowest BCUT2D eigenvalue weighted by atomic mass is 10.0. The first-order valence-electron chi connectivity index (χ1n) is 8.89. The smallest absolute Gasteiger partial charge is 0.243 e. The van der Waals surface area contributed by atoms with Crippen LogP contribution in [0, 0.1) is 0 Å². The zero-order chi connectivity index (χ0) is 18.7. The number of nitrogens with zero attached hydrogens (tertiary/aromatic N) is 2. The van der Waals surface area contributed by atoms with Crippen LogP contribution in [0.1, 0.15) is 16.7 Å². The summed E-state index contributed by atoms with van der Waals surface area (Å²) in [6, 6.07) is 24.6. The van der Waals surface area contributed by atoms with Crippen molar-refractivity contribution in [2.75, 3.05) is 6.54 Å². The fourth-order valence-corrected chi connectivity index (χ4v) is 4.64. The van der Waals surface area contributed by atoms with E-state index in [1.165, 1.54) is 5.56 Å². The third-order valence-electron chi connectivity index (χ3n) is 4.73. The summed E-state index contributed by atoms with van der Waals surface area (Å²) in [7, 11) is -3.51. The van der Waals surface area contributed by atoms with Gasteiger partial charge in [-0.05, 0) is 47.4 Å². The van der Waals surface area contributed by atoms with E-state index in [-0.39, 0.29) is 0 Å². The van der Waals surface area contributed by atoms with Gasteiger partial charge >= 0.3 is 0 Å². The Morgan fingerprint density at radius 3 is 2.22 bits per heavy atom. The van der Waals surface area contributed by atoms with Crippen LogP contribution in [0.3, 0.4) is 0 Å². The van der Waals surface area contributed by atoms with E-state index in [4.69, 9.17) is 0 Å². The Labute approximate surface area is 159 Å². The van der Waals surface area contributed by atoms with E-state index in [1.807, 2.05) is 48.5 Å². The minimum absolute atomic E-state index is 0.306. The van der Waals surface area contributed by atoms with E-state index in [9.17, 15) is 8.42 Å². The van der Waals surface area contributed by atoms with Crippen molar-refractivity contribution in [1.82, 2.24) is 4.31 Å². The van der Waals surface area contributed by atoms with Crippen molar-refractivity contribution in [3.63, 3.8) is 0 Å². The maximum Gasteiger partial charge on any atom is 0.243 e. The third kappa shape index (κ3) is 3.84. The van der Waals surface area contributed by atoms with Gasteiger partial charge in [0, 0.05) is 19.3 Å². The highest BCUT2D eigenvalue weighted by Crippen LogP contribution is 2.26. The summed E-state index contributed by atoms with van der Waals surface area (Å²) in [5, 5.41) is 0. The molecule has 0 amide bonds. The van der Waals surface area contributed by atoms with Gasteiger partial charge in [-0.25, -0.2) is 8.42 Å². The molecule has 27 heavy (non-hydrogen) atoms. The van der Waals surface area contributed by atoms with Gasteiger partial charge in [-0.1, -0.05) is 54.6 Å². The molecule has 0 N–H and O–H groups in total. The molecular formula is C22H20N2O2S. The zero-order valence-corrected chi connectivity index (χ0v) is 15.6. The summed E-state index contributed by atoms with van der Waals surface area (Å²) in [6.07, 6.45) is 2.51. The Hall–Kier alpha value is -2.76. The van der Waals surface area contributed by atoms with Crippen molar-refractivity contribution in [2.24, 2.45) is 4.99 Å². The van der Waals surface area contributed by atoms with Crippen LogP contribution < -0.4 is 0 Å². The van der Waals surface area contributed by atoms with Gasteiger partial charge in [-0.2, -0.15) is 4.31 Å². The first kappa shape index (κ1) is 17.6. The van der Waals surface area contributed by atoms with Crippen LogP contribution in [0.4, 0.5) is 5.69 Å². The second-order valence-electron chi connectivity index (χ2n) is 6.52. The Kier molecular flexibility index (Phi) is 4.88. The van der Waals surface area contributed by atoms with Crippen molar-refractivity contribution in [2.45, 2.75) is 17.9 Å². The van der Waals surface area contributed by atoms with Gasteiger partial charge in [0.15, 0.2) is 0 Å². The van der Waals surface area contributed by atoms with Crippen molar-refractivity contribution in [1.29, 1.82) is 0 Å². The Bertz CT molecular complexity index is 1060. The molecule has 1 aliphatic rings. The van der Waals surface area contributed by atoms with E-state index in [2.05, 4.69) is 11.1 Å². The predicted octanol–water partition coefficient (Wildman–Crippen LogP) is 4.18. The third-order valence-corrected chi connectivity index (χ3v) is 6.59. The Morgan fingerprint density at radius 1 is 0.815 bits per heavy atom. The van der Waals surface area contributed by atoms with Crippen LogP contribution in [-0.2, 0) is 23.0 Å². The van der Waals surface area contributed by atoms with Crippen LogP contribution >= 0.6 is 0 Å². The molecule has 0 spiro atoms. The highest BCUT2D eigenvalue weighted by Gasteiger charge is 2.27. The highest BCUT2D eigenvalue weighted by molar-refractivity contribution is 7.89.